The molecule has 1 heterocycles. The molecule has 1 rings (SSSR count). The third kappa shape index (κ3) is 7.73. The SMILES string of the molecule is C/C=C(\C)C(=O)O.O=C1CCCCCO1. The average molecular weight is 214 g/mol. The minimum atomic E-state index is -0.845. The number of hydrogen-bond donors (Lipinski definition) is 1. The van der Waals surface area contributed by atoms with Crippen LogP contribution in [0.1, 0.15) is 39.5 Å². The number of rotatable bonds is 1. The Kier molecular flexibility index (Phi) is 7.32. The van der Waals surface area contributed by atoms with Gasteiger partial charge in [-0.1, -0.05) is 6.08 Å². The fourth-order valence-corrected chi connectivity index (χ4v) is 0.930. The van der Waals surface area contributed by atoms with E-state index < -0.39 is 5.97 Å². The summed E-state index contributed by atoms with van der Waals surface area (Å²) in [6, 6.07) is 0. The van der Waals surface area contributed by atoms with Crippen LogP contribution in [-0.4, -0.2) is 23.7 Å². The van der Waals surface area contributed by atoms with E-state index in [1.165, 1.54) is 0 Å². The maximum absolute atomic E-state index is 10.5. The van der Waals surface area contributed by atoms with E-state index in [0.29, 0.717) is 18.6 Å². The van der Waals surface area contributed by atoms with Crippen molar-refractivity contribution < 1.29 is 19.4 Å². The number of esters is 1. The van der Waals surface area contributed by atoms with Gasteiger partial charge in [-0.25, -0.2) is 4.79 Å². The fourth-order valence-electron chi connectivity index (χ4n) is 0.930. The van der Waals surface area contributed by atoms with Gasteiger partial charge in [-0.05, 0) is 33.1 Å². The summed E-state index contributed by atoms with van der Waals surface area (Å²) in [5, 5.41) is 8.11. The molecule has 15 heavy (non-hydrogen) atoms. The van der Waals surface area contributed by atoms with E-state index in [1.54, 1.807) is 19.9 Å². The van der Waals surface area contributed by atoms with E-state index in [2.05, 4.69) is 0 Å². The van der Waals surface area contributed by atoms with Gasteiger partial charge in [0, 0.05) is 12.0 Å². The summed E-state index contributed by atoms with van der Waals surface area (Å²) in [7, 11) is 0. The van der Waals surface area contributed by atoms with E-state index >= 15 is 0 Å². The summed E-state index contributed by atoms with van der Waals surface area (Å²) >= 11 is 0. The molecule has 0 amide bonds. The second-order valence-corrected chi connectivity index (χ2v) is 3.31. The second kappa shape index (κ2) is 8.03. The van der Waals surface area contributed by atoms with Gasteiger partial charge in [0.15, 0.2) is 0 Å². The maximum Gasteiger partial charge on any atom is 0.330 e. The zero-order valence-electron chi connectivity index (χ0n) is 9.28. The van der Waals surface area contributed by atoms with E-state index in [-0.39, 0.29) is 5.97 Å². The number of allylic oxidation sites excluding steroid dienone is 1. The molecule has 0 aliphatic carbocycles. The molecule has 0 unspecified atom stereocenters. The molecular formula is C11H18O4. The molecule has 1 aliphatic rings. The van der Waals surface area contributed by atoms with Crippen molar-refractivity contribution in [2.45, 2.75) is 39.5 Å². The lowest BCUT2D eigenvalue weighted by molar-refractivity contribution is -0.142. The van der Waals surface area contributed by atoms with Crippen LogP contribution >= 0.6 is 0 Å². The first-order chi connectivity index (χ1) is 7.07. The van der Waals surface area contributed by atoms with Gasteiger partial charge in [-0.15, -0.1) is 0 Å². The van der Waals surface area contributed by atoms with Crippen molar-refractivity contribution in [3.8, 4) is 0 Å². The minimum absolute atomic E-state index is 0.0255. The van der Waals surface area contributed by atoms with Crippen molar-refractivity contribution in [3.05, 3.63) is 11.6 Å². The van der Waals surface area contributed by atoms with Gasteiger partial charge in [0.2, 0.25) is 0 Å². The normalized spacial score (nSPS) is 16.9. The Morgan fingerprint density at radius 1 is 1.40 bits per heavy atom. The number of cyclic esters (lactones) is 1. The van der Waals surface area contributed by atoms with Crippen LogP contribution in [-0.2, 0) is 14.3 Å². The number of carbonyl (C=O) groups excluding carboxylic acids is 1. The molecule has 0 aromatic rings. The molecule has 0 aromatic carbocycles. The van der Waals surface area contributed by atoms with Gasteiger partial charge in [0.05, 0.1) is 6.61 Å². The molecule has 1 aliphatic heterocycles. The molecule has 0 atom stereocenters. The summed E-state index contributed by atoms with van der Waals surface area (Å²) in [6.45, 7) is 3.89. The van der Waals surface area contributed by atoms with Gasteiger partial charge < -0.3 is 9.84 Å². The van der Waals surface area contributed by atoms with Crippen molar-refractivity contribution >= 4 is 11.9 Å². The first kappa shape index (κ1) is 13.7. The second-order valence-electron chi connectivity index (χ2n) is 3.31. The number of carboxylic acid groups (broad SMARTS) is 1. The van der Waals surface area contributed by atoms with Gasteiger partial charge in [0.25, 0.3) is 0 Å². The van der Waals surface area contributed by atoms with Gasteiger partial charge >= 0.3 is 11.9 Å². The third-order valence-corrected chi connectivity index (χ3v) is 2.06. The Morgan fingerprint density at radius 3 is 2.53 bits per heavy atom. The molecule has 0 saturated carbocycles. The van der Waals surface area contributed by atoms with E-state index in [4.69, 9.17) is 9.84 Å². The zero-order valence-corrected chi connectivity index (χ0v) is 9.28. The molecule has 86 valence electrons. The molecule has 1 fully saturated rings. The van der Waals surface area contributed by atoms with Crippen LogP contribution in [0.5, 0.6) is 0 Å². The summed E-state index contributed by atoms with van der Waals surface area (Å²) in [4.78, 5) is 20.3. The first-order valence-electron chi connectivity index (χ1n) is 5.09. The van der Waals surface area contributed by atoms with Crippen LogP contribution in [0.4, 0.5) is 0 Å². The van der Waals surface area contributed by atoms with Crippen molar-refractivity contribution in [1.29, 1.82) is 0 Å². The molecule has 1 N–H and O–H groups in total. The highest BCUT2D eigenvalue weighted by Crippen LogP contribution is 2.06. The lowest BCUT2D eigenvalue weighted by Crippen LogP contribution is -2.00. The van der Waals surface area contributed by atoms with E-state index in [0.717, 1.165) is 19.3 Å². The number of aliphatic carboxylic acids is 1. The van der Waals surface area contributed by atoms with Gasteiger partial charge in [-0.3, -0.25) is 4.79 Å². The number of ether oxygens (including phenoxy) is 1. The van der Waals surface area contributed by atoms with Crippen LogP contribution in [0, 0.1) is 0 Å². The summed E-state index contributed by atoms with van der Waals surface area (Å²) in [5.41, 5.74) is 0.389. The lowest BCUT2D eigenvalue weighted by atomic mass is 10.2. The molecule has 4 nitrogen and oxygen atoms in total. The Bertz CT molecular complexity index is 233. The molecule has 4 heteroatoms. The quantitative estimate of drug-likeness (QED) is 0.536. The van der Waals surface area contributed by atoms with Crippen molar-refractivity contribution in [1.82, 2.24) is 0 Å². The van der Waals surface area contributed by atoms with Crippen LogP contribution in [0.2, 0.25) is 0 Å². The smallest absolute Gasteiger partial charge is 0.330 e. The maximum atomic E-state index is 10.5. The number of carbonyl (C=O) groups is 2. The van der Waals surface area contributed by atoms with Crippen molar-refractivity contribution in [3.63, 3.8) is 0 Å². The van der Waals surface area contributed by atoms with Gasteiger partial charge in [-0.2, -0.15) is 0 Å². The highest BCUT2D eigenvalue weighted by Gasteiger charge is 2.05. The van der Waals surface area contributed by atoms with Crippen LogP contribution in [0.3, 0.4) is 0 Å². The minimum Gasteiger partial charge on any atom is -0.478 e. The topological polar surface area (TPSA) is 63.6 Å². The van der Waals surface area contributed by atoms with Crippen LogP contribution in [0.25, 0.3) is 0 Å². The monoisotopic (exact) mass is 214 g/mol. The predicted molar refractivity (Wildman–Crippen MR) is 56.5 cm³/mol. The molecule has 0 spiro atoms. The largest absolute Gasteiger partial charge is 0.478 e. The van der Waals surface area contributed by atoms with E-state index in [9.17, 15) is 9.59 Å². The predicted octanol–water partition coefficient (Wildman–Crippen LogP) is 2.14. The standard InChI is InChI=1S/C6H10O2.C5H8O2/c7-6-4-2-1-3-5-8-6;1-3-4(2)5(6)7/h1-5H2;3H,1-2H3,(H,6,7)/b;4-3+. The van der Waals surface area contributed by atoms with E-state index in [1.807, 2.05) is 0 Å². The summed E-state index contributed by atoms with van der Waals surface area (Å²) in [5.74, 6) is -0.870. The lowest BCUT2D eigenvalue weighted by Gasteiger charge is -1.93. The Morgan fingerprint density at radius 2 is 2.07 bits per heavy atom. The molecule has 0 aromatic heterocycles. The summed E-state index contributed by atoms with van der Waals surface area (Å²) < 4.78 is 4.76. The fraction of sp³-hybridized carbons (Fsp3) is 0.636. The Hall–Kier alpha value is -1.32. The zero-order chi connectivity index (χ0) is 11.7. The number of carboxylic acids is 1. The Balaban J connectivity index is 0.000000265. The summed E-state index contributed by atoms with van der Waals surface area (Å²) in [6.07, 6.45) is 5.39. The van der Waals surface area contributed by atoms with Gasteiger partial charge in [0.1, 0.15) is 0 Å². The third-order valence-electron chi connectivity index (χ3n) is 2.06. The molecule has 0 radical (unpaired) electrons. The highest BCUT2D eigenvalue weighted by molar-refractivity contribution is 5.85. The highest BCUT2D eigenvalue weighted by atomic mass is 16.5. The first-order valence-corrected chi connectivity index (χ1v) is 5.09. The van der Waals surface area contributed by atoms with Crippen LogP contribution < -0.4 is 0 Å². The average Bonchev–Trinajstić information content (AvgIpc) is 2.45. The van der Waals surface area contributed by atoms with Crippen molar-refractivity contribution in [2.24, 2.45) is 0 Å². The Labute approximate surface area is 89.9 Å². The molecule has 0 bridgehead atoms. The molecular weight excluding hydrogens is 196 g/mol. The number of hydrogen-bond acceptors (Lipinski definition) is 3. The van der Waals surface area contributed by atoms with Crippen molar-refractivity contribution in [2.75, 3.05) is 6.61 Å². The van der Waals surface area contributed by atoms with Crippen LogP contribution in [0.15, 0.2) is 11.6 Å². The molecule has 1 saturated heterocycles.